The lowest BCUT2D eigenvalue weighted by Gasteiger charge is -2.19. The molecular formula is C29H27ClN2O5S. The number of amides is 1. The van der Waals surface area contributed by atoms with Gasteiger partial charge >= 0.3 is 11.9 Å². The summed E-state index contributed by atoms with van der Waals surface area (Å²) < 4.78 is 10.8. The highest BCUT2D eigenvalue weighted by Crippen LogP contribution is 2.36. The number of thiophene rings is 1. The SMILES string of the molecule is CCOC(=O)c1c(NC(=O)c2cc(-c3ccccc3Cl)nc3ccccc23)sc(C(=O)OC(C)(C)C)c1C. The van der Waals surface area contributed by atoms with E-state index >= 15 is 0 Å². The molecule has 0 aliphatic rings. The molecule has 0 atom stereocenters. The van der Waals surface area contributed by atoms with Crippen LogP contribution in [-0.2, 0) is 9.47 Å². The highest BCUT2D eigenvalue weighted by molar-refractivity contribution is 7.18. The fourth-order valence-electron chi connectivity index (χ4n) is 3.91. The Morgan fingerprint density at radius 2 is 1.71 bits per heavy atom. The van der Waals surface area contributed by atoms with Gasteiger partial charge in [-0.2, -0.15) is 0 Å². The van der Waals surface area contributed by atoms with Crippen molar-refractivity contribution < 1.29 is 23.9 Å². The number of fused-ring (bicyclic) bond motifs is 1. The number of carbonyl (C=O) groups excluding carboxylic acids is 3. The van der Waals surface area contributed by atoms with Crippen LogP contribution in [0.15, 0.2) is 54.6 Å². The van der Waals surface area contributed by atoms with E-state index in [0.29, 0.717) is 38.3 Å². The zero-order chi connectivity index (χ0) is 27.6. The van der Waals surface area contributed by atoms with Gasteiger partial charge in [-0.05, 0) is 58.4 Å². The van der Waals surface area contributed by atoms with E-state index in [0.717, 1.165) is 11.3 Å². The molecule has 0 spiro atoms. The Morgan fingerprint density at radius 1 is 1.03 bits per heavy atom. The monoisotopic (exact) mass is 550 g/mol. The predicted molar refractivity (Wildman–Crippen MR) is 150 cm³/mol. The number of carbonyl (C=O) groups is 3. The topological polar surface area (TPSA) is 94.6 Å². The molecule has 9 heteroatoms. The molecule has 196 valence electrons. The first-order valence-electron chi connectivity index (χ1n) is 12.0. The molecule has 38 heavy (non-hydrogen) atoms. The maximum Gasteiger partial charge on any atom is 0.349 e. The second-order valence-electron chi connectivity index (χ2n) is 9.49. The van der Waals surface area contributed by atoms with E-state index in [1.54, 1.807) is 52.8 Å². The molecule has 2 aromatic heterocycles. The predicted octanol–water partition coefficient (Wildman–Crippen LogP) is 7.31. The van der Waals surface area contributed by atoms with Gasteiger partial charge in [0.25, 0.3) is 5.91 Å². The van der Waals surface area contributed by atoms with Gasteiger partial charge in [-0.1, -0.05) is 48.0 Å². The molecule has 1 amide bonds. The zero-order valence-electron chi connectivity index (χ0n) is 21.7. The van der Waals surface area contributed by atoms with Crippen LogP contribution in [0.4, 0.5) is 5.00 Å². The smallest absolute Gasteiger partial charge is 0.349 e. The molecule has 0 aliphatic carbocycles. The van der Waals surface area contributed by atoms with Crippen molar-refractivity contribution in [2.45, 2.75) is 40.2 Å². The van der Waals surface area contributed by atoms with Crippen molar-refractivity contribution in [1.29, 1.82) is 0 Å². The number of benzene rings is 2. The summed E-state index contributed by atoms with van der Waals surface area (Å²) in [5.74, 6) is -1.69. The molecule has 1 N–H and O–H groups in total. The normalized spacial score (nSPS) is 11.3. The Kier molecular flexibility index (Phi) is 7.85. The molecule has 2 heterocycles. The number of aromatic nitrogens is 1. The fourth-order valence-corrected chi connectivity index (χ4v) is 5.21. The first-order valence-corrected chi connectivity index (χ1v) is 13.2. The van der Waals surface area contributed by atoms with Gasteiger partial charge in [-0.25, -0.2) is 14.6 Å². The van der Waals surface area contributed by atoms with Crippen LogP contribution in [0.2, 0.25) is 5.02 Å². The van der Waals surface area contributed by atoms with E-state index in [1.165, 1.54) is 0 Å². The average molecular weight is 551 g/mol. The summed E-state index contributed by atoms with van der Waals surface area (Å²) in [4.78, 5) is 44.4. The van der Waals surface area contributed by atoms with Crippen LogP contribution in [0.25, 0.3) is 22.2 Å². The van der Waals surface area contributed by atoms with Gasteiger partial charge in [-0.15, -0.1) is 11.3 Å². The molecule has 0 bridgehead atoms. The second kappa shape index (κ2) is 10.9. The van der Waals surface area contributed by atoms with Crippen LogP contribution in [0.1, 0.15) is 63.6 Å². The molecule has 4 rings (SSSR count). The van der Waals surface area contributed by atoms with Crippen LogP contribution >= 0.6 is 22.9 Å². The van der Waals surface area contributed by atoms with Gasteiger partial charge in [-0.3, -0.25) is 4.79 Å². The van der Waals surface area contributed by atoms with Crippen LogP contribution in [0.3, 0.4) is 0 Å². The van der Waals surface area contributed by atoms with Crippen molar-refractivity contribution in [2.24, 2.45) is 0 Å². The summed E-state index contributed by atoms with van der Waals surface area (Å²) in [6, 6.07) is 16.2. The third-order valence-corrected chi connectivity index (χ3v) is 7.07. The number of pyridine rings is 1. The number of anilines is 1. The van der Waals surface area contributed by atoms with Crippen molar-refractivity contribution in [2.75, 3.05) is 11.9 Å². The minimum atomic E-state index is -0.730. The Bertz CT molecular complexity index is 1550. The molecule has 7 nitrogen and oxygen atoms in total. The number of ether oxygens (including phenoxy) is 2. The minimum Gasteiger partial charge on any atom is -0.462 e. The first kappa shape index (κ1) is 27.3. The van der Waals surface area contributed by atoms with Crippen LogP contribution in [-0.4, -0.2) is 35.0 Å². The summed E-state index contributed by atoms with van der Waals surface area (Å²) in [7, 11) is 0. The molecule has 0 saturated heterocycles. The number of halogens is 1. The Hall–Kier alpha value is -3.75. The van der Waals surface area contributed by atoms with Crippen LogP contribution < -0.4 is 5.32 Å². The highest BCUT2D eigenvalue weighted by Gasteiger charge is 2.30. The summed E-state index contributed by atoms with van der Waals surface area (Å²) >= 11 is 7.39. The number of esters is 2. The van der Waals surface area contributed by atoms with Crippen molar-refractivity contribution in [3.05, 3.63) is 81.2 Å². The average Bonchev–Trinajstić information content (AvgIpc) is 3.18. The van der Waals surface area contributed by atoms with Crippen LogP contribution in [0, 0.1) is 6.92 Å². The molecule has 0 unspecified atom stereocenters. The maximum atomic E-state index is 13.7. The van der Waals surface area contributed by atoms with Gasteiger partial charge in [0.15, 0.2) is 0 Å². The number of hydrogen-bond acceptors (Lipinski definition) is 7. The molecule has 0 fully saturated rings. The molecule has 4 aromatic rings. The summed E-state index contributed by atoms with van der Waals surface area (Å²) in [6.45, 7) is 8.73. The van der Waals surface area contributed by atoms with Crippen molar-refractivity contribution in [3.8, 4) is 11.3 Å². The number of rotatable bonds is 6. The Labute approximate surface area is 229 Å². The molecule has 0 radical (unpaired) electrons. The first-order chi connectivity index (χ1) is 18.0. The molecule has 0 saturated carbocycles. The van der Waals surface area contributed by atoms with E-state index in [-0.39, 0.29) is 22.0 Å². The molecule has 0 aliphatic heterocycles. The van der Waals surface area contributed by atoms with Gasteiger partial charge in [0, 0.05) is 16.0 Å². The Balaban J connectivity index is 1.81. The molecule has 2 aromatic carbocycles. The van der Waals surface area contributed by atoms with E-state index in [4.69, 9.17) is 26.1 Å². The third-order valence-electron chi connectivity index (χ3n) is 5.55. The molecular weight excluding hydrogens is 524 g/mol. The standard InChI is InChI=1S/C29H27ClN2O5S/c1-6-36-27(34)23-16(2)24(28(35)37-29(3,4)5)38-26(23)32-25(33)19-15-22(18-12-7-9-13-20(18)30)31-21-14-10-8-11-17(19)21/h7-15H,6H2,1-5H3,(H,32,33). The minimum absolute atomic E-state index is 0.121. The summed E-state index contributed by atoms with van der Waals surface area (Å²) in [6.07, 6.45) is 0. The Morgan fingerprint density at radius 3 is 2.39 bits per heavy atom. The van der Waals surface area contributed by atoms with E-state index in [2.05, 4.69) is 5.32 Å². The lowest BCUT2D eigenvalue weighted by molar-refractivity contribution is 0.00744. The lowest BCUT2D eigenvalue weighted by atomic mass is 10.0. The highest BCUT2D eigenvalue weighted by atomic mass is 35.5. The number of hydrogen-bond donors (Lipinski definition) is 1. The zero-order valence-corrected chi connectivity index (χ0v) is 23.3. The van der Waals surface area contributed by atoms with E-state index in [9.17, 15) is 14.4 Å². The third kappa shape index (κ3) is 5.71. The summed E-state index contributed by atoms with van der Waals surface area (Å²) in [5.41, 5.74) is 1.93. The van der Waals surface area contributed by atoms with Gasteiger partial charge in [0.1, 0.15) is 15.5 Å². The second-order valence-corrected chi connectivity index (χ2v) is 10.9. The summed E-state index contributed by atoms with van der Waals surface area (Å²) in [5, 5.41) is 4.17. The van der Waals surface area contributed by atoms with Crippen molar-refractivity contribution >= 4 is 56.7 Å². The number of nitrogens with zero attached hydrogens (tertiary/aromatic N) is 1. The van der Waals surface area contributed by atoms with Gasteiger partial charge in [0.05, 0.1) is 28.9 Å². The van der Waals surface area contributed by atoms with Gasteiger partial charge in [0.2, 0.25) is 0 Å². The quantitative estimate of drug-likeness (QED) is 0.253. The van der Waals surface area contributed by atoms with Crippen molar-refractivity contribution in [3.63, 3.8) is 0 Å². The largest absolute Gasteiger partial charge is 0.462 e. The van der Waals surface area contributed by atoms with Crippen LogP contribution in [0.5, 0.6) is 0 Å². The van der Waals surface area contributed by atoms with E-state index < -0.39 is 23.4 Å². The lowest BCUT2D eigenvalue weighted by Crippen LogP contribution is -2.23. The fraction of sp³-hybridized carbons (Fsp3) is 0.241. The number of para-hydroxylation sites is 1. The van der Waals surface area contributed by atoms with Gasteiger partial charge < -0.3 is 14.8 Å². The van der Waals surface area contributed by atoms with Crippen molar-refractivity contribution in [1.82, 2.24) is 4.98 Å². The van der Waals surface area contributed by atoms with E-state index in [1.807, 2.05) is 36.4 Å². The number of nitrogens with one attached hydrogen (secondary N) is 1. The maximum absolute atomic E-state index is 13.7.